The molecular formula is C10H10BrNO2. The molecule has 0 aliphatic rings. The zero-order chi connectivity index (χ0) is 10.4. The fourth-order valence-corrected chi connectivity index (χ4v) is 1.17. The van der Waals surface area contributed by atoms with Crippen LogP contribution in [0.2, 0.25) is 0 Å². The first-order chi connectivity index (χ1) is 6.68. The molecule has 0 saturated heterocycles. The van der Waals surface area contributed by atoms with Crippen LogP contribution < -0.4 is 5.32 Å². The van der Waals surface area contributed by atoms with Gasteiger partial charge in [0.05, 0.1) is 0 Å². The third-order valence-corrected chi connectivity index (χ3v) is 2.09. The van der Waals surface area contributed by atoms with Crippen molar-refractivity contribution in [3.05, 3.63) is 46.6 Å². The molecule has 0 spiro atoms. The molecule has 0 unspecified atom stereocenters. The molecule has 0 amide bonds. The van der Waals surface area contributed by atoms with Crippen LogP contribution in [0.1, 0.15) is 5.56 Å². The summed E-state index contributed by atoms with van der Waals surface area (Å²) in [5.41, 5.74) is 1.10. The lowest BCUT2D eigenvalue weighted by atomic mass is 10.2. The highest BCUT2D eigenvalue weighted by atomic mass is 79.9. The van der Waals surface area contributed by atoms with Gasteiger partial charge in [-0.15, -0.1) is 0 Å². The fraction of sp³-hybridized carbons (Fsp3) is 0.100. The first-order valence-electron chi connectivity index (χ1n) is 4.06. The van der Waals surface area contributed by atoms with Gasteiger partial charge < -0.3 is 10.4 Å². The lowest BCUT2D eigenvalue weighted by Crippen LogP contribution is -2.05. The number of carboxylic acid groups (broad SMARTS) is 1. The lowest BCUT2D eigenvalue weighted by molar-refractivity contribution is -0.131. The van der Waals surface area contributed by atoms with Gasteiger partial charge in [0.2, 0.25) is 0 Å². The highest BCUT2D eigenvalue weighted by Crippen LogP contribution is 2.09. The summed E-state index contributed by atoms with van der Waals surface area (Å²) in [5.74, 6) is -0.951. The monoisotopic (exact) mass is 255 g/mol. The van der Waals surface area contributed by atoms with E-state index in [0.29, 0.717) is 6.54 Å². The minimum absolute atomic E-state index is 0.622. The average Bonchev–Trinajstić information content (AvgIpc) is 2.15. The molecule has 0 bridgehead atoms. The Labute approximate surface area is 90.6 Å². The Morgan fingerprint density at radius 2 is 2.07 bits per heavy atom. The number of hydrogen-bond acceptors (Lipinski definition) is 2. The third kappa shape index (κ3) is 4.09. The number of rotatable bonds is 4. The standard InChI is InChI=1S/C10H10BrNO2/c11-9-3-1-8(2-4-9)7-12-6-5-10(13)14/h1-6,12H,7H2,(H,13,14)/b6-5+. The van der Waals surface area contributed by atoms with E-state index >= 15 is 0 Å². The predicted molar refractivity (Wildman–Crippen MR) is 57.8 cm³/mol. The second-order valence-electron chi connectivity index (χ2n) is 2.68. The maximum Gasteiger partial charge on any atom is 0.329 e. The molecule has 0 fully saturated rings. The van der Waals surface area contributed by atoms with Crippen LogP contribution in [0.15, 0.2) is 41.0 Å². The van der Waals surface area contributed by atoms with Crippen molar-refractivity contribution in [1.82, 2.24) is 5.32 Å². The molecule has 0 radical (unpaired) electrons. The number of nitrogens with one attached hydrogen (secondary N) is 1. The largest absolute Gasteiger partial charge is 0.478 e. The maximum atomic E-state index is 10.1. The summed E-state index contributed by atoms with van der Waals surface area (Å²) in [6.45, 7) is 0.622. The molecule has 0 saturated carbocycles. The molecule has 3 nitrogen and oxygen atoms in total. The van der Waals surface area contributed by atoms with Crippen molar-refractivity contribution in [3.8, 4) is 0 Å². The summed E-state index contributed by atoms with van der Waals surface area (Å²) in [5, 5.41) is 11.2. The van der Waals surface area contributed by atoms with E-state index in [2.05, 4.69) is 21.2 Å². The summed E-state index contributed by atoms with van der Waals surface area (Å²) in [6, 6.07) is 7.81. The van der Waals surface area contributed by atoms with E-state index in [0.717, 1.165) is 16.1 Å². The highest BCUT2D eigenvalue weighted by Gasteiger charge is 1.90. The van der Waals surface area contributed by atoms with Crippen molar-refractivity contribution in [1.29, 1.82) is 0 Å². The molecule has 1 rings (SSSR count). The Morgan fingerprint density at radius 3 is 2.64 bits per heavy atom. The molecule has 0 heterocycles. The normalized spacial score (nSPS) is 10.4. The number of carboxylic acids is 1. The fourth-order valence-electron chi connectivity index (χ4n) is 0.909. The van der Waals surface area contributed by atoms with E-state index in [4.69, 9.17) is 5.11 Å². The van der Waals surface area contributed by atoms with Gasteiger partial charge in [0.1, 0.15) is 0 Å². The molecule has 0 aromatic heterocycles. The van der Waals surface area contributed by atoms with Crippen molar-refractivity contribution in [3.63, 3.8) is 0 Å². The number of hydrogen-bond donors (Lipinski definition) is 2. The maximum absolute atomic E-state index is 10.1. The number of aliphatic carboxylic acids is 1. The first-order valence-corrected chi connectivity index (χ1v) is 4.85. The quantitative estimate of drug-likeness (QED) is 0.811. The summed E-state index contributed by atoms with van der Waals surface area (Å²) in [6.07, 6.45) is 2.49. The van der Waals surface area contributed by atoms with E-state index in [1.807, 2.05) is 24.3 Å². The van der Waals surface area contributed by atoms with Crippen LogP contribution in [0.4, 0.5) is 0 Å². The Bertz CT molecular complexity index is 332. The van der Waals surface area contributed by atoms with Crippen LogP contribution in [0, 0.1) is 0 Å². The Kier molecular flexibility index (Phi) is 4.19. The number of halogens is 1. The zero-order valence-corrected chi connectivity index (χ0v) is 8.99. The molecule has 1 aromatic rings. The van der Waals surface area contributed by atoms with Gasteiger partial charge in [-0.25, -0.2) is 4.79 Å². The van der Waals surface area contributed by atoms with Crippen LogP contribution >= 0.6 is 15.9 Å². The van der Waals surface area contributed by atoms with E-state index in [9.17, 15) is 4.79 Å². The topological polar surface area (TPSA) is 49.3 Å². The van der Waals surface area contributed by atoms with Gasteiger partial charge in [0, 0.05) is 23.3 Å². The number of benzene rings is 1. The SMILES string of the molecule is O=C(O)/C=C/NCc1ccc(Br)cc1. The Hall–Kier alpha value is -1.29. The third-order valence-electron chi connectivity index (χ3n) is 1.56. The van der Waals surface area contributed by atoms with E-state index in [-0.39, 0.29) is 0 Å². The van der Waals surface area contributed by atoms with Gasteiger partial charge >= 0.3 is 5.97 Å². The van der Waals surface area contributed by atoms with Gasteiger partial charge in [-0.1, -0.05) is 28.1 Å². The highest BCUT2D eigenvalue weighted by molar-refractivity contribution is 9.10. The Balaban J connectivity index is 2.39. The summed E-state index contributed by atoms with van der Waals surface area (Å²) in [7, 11) is 0. The van der Waals surface area contributed by atoms with Crippen molar-refractivity contribution < 1.29 is 9.90 Å². The molecule has 14 heavy (non-hydrogen) atoms. The molecule has 1 aromatic carbocycles. The van der Waals surface area contributed by atoms with Crippen LogP contribution in [0.3, 0.4) is 0 Å². The summed E-state index contributed by atoms with van der Waals surface area (Å²) in [4.78, 5) is 10.1. The smallest absolute Gasteiger partial charge is 0.329 e. The van der Waals surface area contributed by atoms with Gasteiger partial charge in [0.15, 0.2) is 0 Å². The lowest BCUT2D eigenvalue weighted by Gasteiger charge is -2.00. The van der Waals surface area contributed by atoms with Crippen LogP contribution in [0.5, 0.6) is 0 Å². The van der Waals surface area contributed by atoms with Gasteiger partial charge in [-0.3, -0.25) is 0 Å². The molecule has 0 atom stereocenters. The second kappa shape index (κ2) is 5.44. The molecule has 2 N–H and O–H groups in total. The van der Waals surface area contributed by atoms with Crippen molar-refractivity contribution in [2.24, 2.45) is 0 Å². The van der Waals surface area contributed by atoms with Crippen molar-refractivity contribution in [2.45, 2.75) is 6.54 Å². The molecule has 0 aliphatic carbocycles. The van der Waals surface area contributed by atoms with E-state index in [1.54, 1.807) is 0 Å². The minimum Gasteiger partial charge on any atom is -0.478 e. The van der Waals surface area contributed by atoms with E-state index in [1.165, 1.54) is 6.20 Å². The second-order valence-corrected chi connectivity index (χ2v) is 3.59. The summed E-state index contributed by atoms with van der Waals surface area (Å²) < 4.78 is 1.03. The molecule has 0 aliphatic heterocycles. The first kappa shape index (κ1) is 10.8. The van der Waals surface area contributed by atoms with Crippen molar-refractivity contribution >= 4 is 21.9 Å². The van der Waals surface area contributed by atoms with E-state index < -0.39 is 5.97 Å². The predicted octanol–water partition coefficient (Wildman–Crippen LogP) is 2.14. The van der Waals surface area contributed by atoms with Gasteiger partial charge in [-0.2, -0.15) is 0 Å². The van der Waals surface area contributed by atoms with Gasteiger partial charge in [0.25, 0.3) is 0 Å². The van der Waals surface area contributed by atoms with Crippen molar-refractivity contribution in [2.75, 3.05) is 0 Å². The summed E-state index contributed by atoms with van der Waals surface area (Å²) >= 11 is 3.33. The molecular weight excluding hydrogens is 246 g/mol. The molecule has 74 valence electrons. The Morgan fingerprint density at radius 1 is 1.43 bits per heavy atom. The number of carbonyl (C=O) groups is 1. The molecule has 4 heteroatoms. The van der Waals surface area contributed by atoms with Crippen LogP contribution in [0.25, 0.3) is 0 Å². The van der Waals surface area contributed by atoms with Crippen LogP contribution in [-0.4, -0.2) is 11.1 Å². The minimum atomic E-state index is -0.951. The van der Waals surface area contributed by atoms with Crippen LogP contribution in [-0.2, 0) is 11.3 Å². The van der Waals surface area contributed by atoms with Gasteiger partial charge in [-0.05, 0) is 17.7 Å². The average molecular weight is 256 g/mol. The zero-order valence-electron chi connectivity index (χ0n) is 7.40.